The van der Waals surface area contributed by atoms with E-state index < -0.39 is 0 Å². The Balaban J connectivity index is 1.76. The first-order chi connectivity index (χ1) is 7.84. The van der Waals surface area contributed by atoms with Gasteiger partial charge in [0, 0.05) is 6.04 Å². The zero-order valence-corrected chi connectivity index (χ0v) is 9.78. The molecular formula is C14H19NO. The molecule has 0 radical (unpaired) electrons. The highest BCUT2D eigenvalue weighted by atomic mass is 16.5. The molecule has 0 aromatic heterocycles. The summed E-state index contributed by atoms with van der Waals surface area (Å²) in [6.45, 7) is 3.88. The van der Waals surface area contributed by atoms with Gasteiger partial charge in [-0.2, -0.15) is 0 Å². The maximum absolute atomic E-state index is 5.65. The van der Waals surface area contributed by atoms with E-state index in [-0.39, 0.29) is 0 Å². The molecule has 1 aromatic carbocycles. The minimum atomic E-state index is 0.389. The lowest BCUT2D eigenvalue weighted by Gasteiger charge is -2.29. The fraction of sp³-hybridized carbons (Fsp3) is 0.571. The Kier molecular flexibility index (Phi) is 2.70. The summed E-state index contributed by atoms with van der Waals surface area (Å²) in [5, 5.41) is 3.71. The van der Waals surface area contributed by atoms with Crippen LogP contribution in [0.1, 0.15) is 36.9 Å². The first kappa shape index (κ1) is 10.3. The monoisotopic (exact) mass is 217 g/mol. The summed E-state index contributed by atoms with van der Waals surface area (Å²) in [6, 6.07) is 9.63. The molecule has 2 atom stereocenters. The molecule has 2 aliphatic rings. The van der Waals surface area contributed by atoms with Gasteiger partial charge in [-0.05, 0) is 36.8 Å². The van der Waals surface area contributed by atoms with Gasteiger partial charge in [0.1, 0.15) is 0 Å². The SMILES string of the molecule is CC(NC1COCc2ccccc21)C1CC1. The highest BCUT2D eigenvalue weighted by Crippen LogP contribution is 2.34. The number of benzene rings is 1. The highest BCUT2D eigenvalue weighted by molar-refractivity contribution is 5.31. The Bertz CT molecular complexity index is 373. The first-order valence-electron chi connectivity index (χ1n) is 6.26. The Morgan fingerprint density at radius 3 is 2.94 bits per heavy atom. The van der Waals surface area contributed by atoms with E-state index in [9.17, 15) is 0 Å². The van der Waals surface area contributed by atoms with Gasteiger partial charge in [0.15, 0.2) is 0 Å². The number of hydrogen-bond acceptors (Lipinski definition) is 2. The topological polar surface area (TPSA) is 21.3 Å². The summed E-state index contributed by atoms with van der Waals surface area (Å²) in [5.41, 5.74) is 2.77. The van der Waals surface area contributed by atoms with Crippen LogP contribution >= 0.6 is 0 Å². The zero-order chi connectivity index (χ0) is 11.0. The van der Waals surface area contributed by atoms with E-state index in [0.29, 0.717) is 12.1 Å². The van der Waals surface area contributed by atoms with Crippen molar-refractivity contribution in [3.8, 4) is 0 Å². The minimum Gasteiger partial charge on any atom is -0.375 e. The molecule has 1 saturated carbocycles. The Morgan fingerprint density at radius 2 is 2.12 bits per heavy atom. The summed E-state index contributed by atoms with van der Waals surface area (Å²) < 4.78 is 5.65. The van der Waals surface area contributed by atoms with Gasteiger partial charge in [0.05, 0.1) is 19.3 Å². The van der Waals surface area contributed by atoms with E-state index in [0.717, 1.165) is 19.1 Å². The van der Waals surface area contributed by atoms with Gasteiger partial charge in [0.2, 0.25) is 0 Å². The Labute approximate surface area is 97.0 Å². The standard InChI is InChI=1S/C14H19NO/c1-10(11-6-7-11)15-14-9-16-8-12-4-2-3-5-13(12)14/h2-5,10-11,14-15H,6-9H2,1H3. The molecule has 0 amide bonds. The molecule has 1 N–H and O–H groups in total. The van der Waals surface area contributed by atoms with E-state index in [1.807, 2.05) is 0 Å². The third-order valence-electron chi connectivity index (χ3n) is 3.77. The predicted octanol–water partition coefficient (Wildman–Crippen LogP) is 2.65. The summed E-state index contributed by atoms with van der Waals surface area (Å²) in [7, 11) is 0. The van der Waals surface area contributed by atoms with Crippen molar-refractivity contribution in [3.05, 3.63) is 35.4 Å². The van der Waals surface area contributed by atoms with Crippen molar-refractivity contribution in [2.45, 2.75) is 38.5 Å². The molecule has 0 bridgehead atoms. The van der Waals surface area contributed by atoms with Gasteiger partial charge >= 0.3 is 0 Å². The van der Waals surface area contributed by atoms with Gasteiger partial charge < -0.3 is 10.1 Å². The summed E-state index contributed by atoms with van der Waals surface area (Å²) in [5.74, 6) is 0.897. The van der Waals surface area contributed by atoms with Crippen LogP contribution in [0.5, 0.6) is 0 Å². The number of hydrogen-bond donors (Lipinski definition) is 1. The van der Waals surface area contributed by atoms with Crippen LogP contribution in [0.25, 0.3) is 0 Å². The summed E-state index contributed by atoms with van der Waals surface area (Å²) in [6.07, 6.45) is 2.78. The fourth-order valence-electron chi connectivity index (χ4n) is 2.57. The van der Waals surface area contributed by atoms with Crippen LogP contribution in [-0.2, 0) is 11.3 Å². The molecule has 0 saturated heterocycles. The van der Waals surface area contributed by atoms with Gasteiger partial charge in [-0.25, -0.2) is 0 Å². The lowest BCUT2D eigenvalue weighted by atomic mass is 9.98. The van der Waals surface area contributed by atoms with Crippen molar-refractivity contribution < 1.29 is 4.74 Å². The van der Waals surface area contributed by atoms with Crippen LogP contribution in [-0.4, -0.2) is 12.6 Å². The average Bonchev–Trinajstić information content (AvgIpc) is 3.13. The normalized spacial score (nSPS) is 26.2. The number of nitrogens with one attached hydrogen (secondary N) is 1. The smallest absolute Gasteiger partial charge is 0.0721 e. The van der Waals surface area contributed by atoms with Gasteiger partial charge in [-0.3, -0.25) is 0 Å². The highest BCUT2D eigenvalue weighted by Gasteiger charge is 2.30. The van der Waals surface area contributed by atoms with Gasteiger partial charge in [0.25, 0.3) is 0 Å². The van der Waals surface area contributed by atoms with E-state index in [1.54, 1.807) is 0 Å². The molecule has 2 nitrogen and oxygen atoms in total. The third-order valence-corrected chi connectivity index (χ3v) is 3.77. The molecule has 1 aromatic rings. The molecule has 3 rings (SSSR count). The van der Waals surface area contributed by atoms with Gasteiger partial charge in [-0.15, -0.1) is 0 Å². The quantitative estimate of drug-likeness (QED) is 0.840. The van der Waals surface area contributed by atoms with E-state index in [4.69, 9.17) is 4.74 Å². The van der Waals surface area contributed by atoms with Crippen molar-refractivity contribution >= 4 is 0 Å². The minimum absolute atomic E-state index is 0.389. The molecule has 1 aliphatic heterocycles. The molecule has 1 heterocycles. The van der Waals surface area contributed by atoms with Crippen LogP contribution in [0, 0.1) is 5.92 Å². The largest absolute Gasteiger partial charge is 0.375 e. The Morgan fingerprint density at radius 1 is 1.31 bits per heavy atom. The third kappa shape index (κ3) is 2.00. The van der Waals surface area contributed by atoms with Crippen molar-refractivity contribution in [3.63, 3.8) is 0 Å². The zero-order valence-electron chi connectivity index (χ0n) is 9.78. The average molecular weight is 217 g/mol. The predicted molar refractivity (Wildman–Crippen MR) is 64.2 cm³/mol. The number of fused-ring (bicyclic) bond motifs is 1. The van der Waals surface area contributed by atoms with E-state index in [1.165, 1.54) is 24.0 Å². The molecule has 1 fully saturated rings. The lowest BCUT2D eigenvalue weighted by molar-refractivity contribution is 0.0782. The molecule has 2 heteroatoms. The van der Waals surface area contributed by atoms with Crippen LogP contribution in [0.15, 0.2) is 24.3 Å². The molecule has 1 aliphatic carbocycles. The van der Waals surface area contributed by atoms with E-state index >= 15 is 0 Å². The van der Waals surface area contributed by atoms with Crippen molar-refractivity contribution in [2.24, 2.45) is 5.92 Å². The maximum atomic E-state index is 5.65. The van der Waals surface area contributed by atoms with E-state index in [2.05, 4.69) is 36.5 Å². The first-order valence-corrected chi connectivity index (χ1v) is 6.26. The Hall–Kier alpha value is -0.860. The molecular weight excluding hydrogens is 198 g/mol. The maximum Gasteiger partial charge on any atom is 0.0721 e. The van der Waals surface area contributed by atoms with Crippen LogP contribution < -0.4 is 5.32 Å². The fourth-order valence-corrected chi connectivity index (χ4v) is 2.57. The van der Waals surface area contributed by atoms with Gasteiger partial charge in [-0.1, -0.05) is 24.3 Å². The molecule has 86 valence electrons. The second-order valence-corrected chi connectivity index (χ2v) is 5.06. The van der Waals surface area contributed by atoms with Crippen molar-refractivity contribution in [1.82, 2.24) is 5.32 Å². The molecule has 16 heavy (non-hydrogen) atoms. The second kappa shape index (κ2) is 4.19. The number of ether oxygens (including phenoxy) is 1. The van der Waals surface area contributed by atoms with Crippen LogP contribution in [0.3, 0.4) is 0 Å². The van der Waals surface area contributed by atoms with Crippen LogP contribution in [0.4, 0.5) is 0 Å². The van der Waals surface area contributed by atoms with Crippen molar-refractivity contribution in [2.75, 3.05) is 6.61 Å². The molecule has 0 spiro atoms. The van der Waals surface area contributed by atoms with Crippen molar-refractivity contribution in [1.29, 1.82) is 0 Å². The number of rotatable bonds is 3. The summed E-state index contributed by atoms with van der Waals surface area (Å²) in [4.78, 5) is 0. The molecule has 2 unspecified atom stereocenters. The second-order valence-electron chi connectivity index (χ2n) is 5.06. The lowest BCUT2D eigenvalue weighted by Crippen LogP contribution is -2.36. The summed E-state index contributed by atoms with van der Waals surface area (Å²) >= 11 is 0. The van der Waals surface area contributed by atoms with Crippen LogP contribution in [0.2, 0.25) is 0 Å².